The lowest BCUT2D eigenvalue weighted by Gasteiger charge is -2.31. The minimum Gasteiger partial charge on any atom is -0.497 e. The van der Waals surface area contributed by atoms with Crippen molar-refractivity contribution in [2.24, 2.45) is 5.92 Å². The molecule has 0 spiro atoms. The number of piperidine rings is 1. The second kappa shape index (κ2) is 10.0. The number of aryl methyl sites for hydroxylation is 1. The van der Waals surface area contributed by atoms with Gasteiger partial charge in [-0.3, -0.25) is 4.79 Å². The van der Waals surface area contributed by atoms with Gasteiger partial charge >= 0.3 is 0 Å². The fourth-order valence-corrected chi connectivity index (χ4v) is 3.87. The Balaban J connectivity index is 0.00000289. The number of ether oxygens (including phenoxy) is 2. The van der Waals surface area contributed by atoms with Crippen LogP contribution in [0.25, 0.3) is 11.0 Å². The molecule has 3 heterocycles. The van der Waals surface area contributed by atoms with Crippen LogP contribution in [0.1, 0.15) is 35.8 Å². The van der Waals surface area contributed by atoms with Crippen molar-refractivity contribution in [2.45, 2.75) is 26.7 Å². The SMILES string of the molecule is COc1cc(Nc2c(C(=O)N3CCC(C)CC3)cnc3nc(C)ccc23)cc(OC)c1.Cl. The summed E-state index contributed by atoms with van der Waals surface area (Å²) in [5.41, 5.74) is 3.45. The molecule has 32 heavy (non-hydrogen) atoms. The highest BCUT2D eigenvalue weighted by atomic mass is 35.5. The summed E-state index contributed by atoms with van der Waals surface area (Å²) in [7, 11) is 3.22. The zero-order chi connectivity index (χ0) is 22.0. The molecule has 8 heteroatoms. The molecule has 1 saturated heterocycles. The summed E-state index contributed by atoms with van der Waals surface area (Å²) < 4.78 is 10.8. The van der Waals surface area contributed by atoms with Crippen molar-refractivity contribution in [1.82, 2.24) is 14.9 Å². The van der Waals surface area contributed by atoms with Gasteiger partial charge in [-0.15, -0.1) is 12.4 Å². The van der Waals surface area contributed by atoms with Gasteiger partial charge in [0.1, 0.15) is 11.5 Å². The maximum absolute atomic E-state index is 13.5. The van der Waals surface area contributed by atoms with Gasteiger partial charge in [0, 0.05) is 54.3 Å². The smallest absolute Gasteiger partial charge is 0.257 e. The molecule has 0 radical (unpaired) electrons. The minimum absolute atomic E-state index is 0. The highest BCUT2D eigenvalue weighted by molar-refractivity contribution is 6.07. The lowest BCUT2D eigenvalue weighted by molar-refractivity contribution is 0.0698. The minimum atomic E-state index is -0.0146. The van der Waals surface area contributed by atoms with Crippen molar-refractivity contribution in [1.29, 1.82) is 0 Å². The number of rotatable bonds is 5. The lowest BCUT2D eigenvalue weighted by Crippen LogP contribution is -2.38. The zero-order valence-electron chi connectivity index (χ0n) is 18.8. The summed E-state index contributed by atoms with van der Waals surface area (Å²) in [6.07, 6.45) is 3.67. The second-order valence-corrected chi connectivity index (χ2v) is 8.07. The zero-order valence-corrected chi connectivity index (χ0v) is 19.7. The largest absolute Gasteiger partial charge is 0.497 e. The number of anilines is 2. The van der Waals surface area contributed by atoms with E-state index in [4.69, 9.17) is 9.47 Å². The number of benzene rings is 1. The molecule has 4 rings (SSSR count). The van der Waals surface area contributed by atoms with Gasteiger partial charge in [-0.25, -0.2) is 9.97 Å². The first-order chi connectivity index (χ1) is 15.0. The Bertz CT molecular complexity index is 1090. The number of amides is 1. The van der Waals surface area contributed by atoms with Crippen molar-refractivity contribution in [2.75, 3.05) is 32.6 Å². The number of nitrogens with one attached hydrogen (secondary N) is 1. The molecule has 0 bridgehead atoms. The summed E-state index contributed by atoms with van der Waals surface area (Å²) in [6, 6.07) is 9.43. The van der Waals surface area contributed by atoms with Gasteiger partial charge < -0.3 is 19.7 Å². The van der Waals surface area contributed by atoms with Crippen molar-refractivity contribution in [3.63, 3.8) is 0 Å². The lowest BCUT2D eigenvalue weighted by atomic mass is 9.98. The number of aromatic nitrogens is 2. The van der Waals surface area contributed by atoms with Crippen LogP contribution in [0.2, 0.25) is 0 Å². The first-order valence-corrected chi connectivity index (χ1v) is 10.5. The third-order valence-corrected chi connectivity index (χ3v) is 5.79. The monoisotopic (exact) mass is 456 g/mol. The number of methoxy groups -OCH3 is 2. The third kappa shape index (κ3) is 4.88. The van der Waals surface area contributed by atoms with Gasteiger partial charge in [-0.1, -0.05) is 6.92 Å². The van der Waals surface area contributed by atoms with Crippen LogP contribution < -0.4 is 14.8 Å². The summed E-state index contributed by atoms with van der Waals surface area (Å²) >= 11 is 0. The number of halogens is 1. The van der Waals surface area contributed by atoms with Crippen LogP contribution in [0.5, 0.6) is 11.5 Å². The van der Waals surface area contributed by atoms with E-state index in [2.05, 4.69) is 22.2 Å². The van der Waals surface area contributed by atoms with E-state index in [-0.39, 0.29) is 18.3 Å². The normalized spacial score (nSPS) is 14.1. The van der Waals surface area contributed by atoms with E-state index in [0.29, 0.717) is 34.3 Å². The molecule has 3 aromatic rings. The summed E-state index contributed by atoms with van der Waals surface area (Å²) in [5.74, 6) is 1.95. The predicted octanol–water partition coefficient (Wildman–Crippen LogP) is 4.99. The standard InChI is InChI=1S/C24H28N4O3.ClH/c1-15-7-9-28(10-8-15)24(29)21-14-25-23-20(6-5-16(2)26-23)22(21)27-17-11-18(30-3)13-19(12-17)31-4;/h5-6,11-15H,7-10H2,1-4H3,(H,25,26,27);1H. The average Bonchev–Trinajstić information content (AvgIpc) is 2.78. The van der Waals surface area contributed by atoms with Crippen molar-refractivity contribution in [3.05, 3.63) is 47.8 Å². The molecule has 0 saturated carbocycles. The highest BCUT2D eigenvalue weighted by Gasteiger charge is 2.25. The molecule has 1 N–H and O–H groups in total. The van der Waals surface area contributed by atoms with E-state index in [1.165, 1.54) is 0 Å². The molecule has 2 aromatic heterocycles. The van der Waals surface area contributed by atoms with Crippen LogP contribution >= 0.6 is 12.4 Å². The molecular weight excluding hydrogens is 428 g/mol. The summed E-state index contributed by atoms with van der Waals surface area (Å²) in [5, 5.41) is 4.22. The Labute approximate surface area is 194 Å². The van der Waals surface area contributed by atoms with Crippen LogP contribution in [0, 0.1) is 12.8 Å². The van der Waals surface area contributed by atoms with Crippen LogP contribution in [0.4, 0.5) is 11.4 Å². The summed E-state index contributed by atoms with van der Waals surface area (Å²) in [4.78, 5) is 24.4. The highest BCUT2D eigenvalue weighted by Crippen LogP contribution is 2.33. The third-order valence-electron chi connectivity index (χ3n) is 5.79. The predicted molar refractivity (Wildman–Crippen MR) is 129 cm³/mol. The molecule has 7 nitrogen and oxygen atoms in total. The van der Waals surface area contributed by atoms with E-state index in [9.17, 15) is 4.79 Å². The van der Waals surface area contributed by atoms with Crippen molar-refractivity contribution >= 4 is 40.7 Å². The number of pyridine rings is 2. The Morgan fingerprint density at radius 2 is 1.75 bits per heavy atom. The molecule has 1 aliphatic rings. The van der Waals surface area contributed by atoms with Gasteiger partial charge in [0.05, 0.1) is 25.5 Å². The van der Waals surface area contributed by atoms with Gasteiger partial charge in [0.25, 0.3) is 5.91 Å². The average molecular weight is 457 g/mol. The van der Waals surface area contributed by atoms with Gasteiger partial charge in [0.2, 0.25) is 0 Å². The number of hydrogen-bond acceptors (Lipinski definition) is 6. The van der Waals surface area contributed by atoms with Gasteiger partial charge in [-0.2, -0.15) is 0 Å². The van der Waals surface area contributed by atoms with Gasteiger partial charge in [-0.05, 0) is 37.8 Å². The van der Waals surface area contributed by atoms with Crippen LogP contribution in [-0.4, -0.2) is 48.1 Å². The van der Waals surface area contributed by atoms with Crippen LogP contribution in [0.15, 0.2) is 36.5 Å². The van der Waals surface area contributed by atoms with Crippen molar-refractivity contribution in [3.8, 4) is 11.5 Å². The topological polar surface area (TPSA) is 76.6 Å². The fraction of sp³-hybridized carbons (Fsp3) is 0.375. The number of fused-ring (bicyclic) bond motifs is 1. The Morgan fingerprint density at radius 1 is 1.09 bits per heavy atom. The maximum atomic E-state index is 13.5. The van der Waals surface area contributed by atoms with Crippen molar-refractivity contribution < 1.29 is 14.3 Å². The molecule has 1 amide bonds. The number of hydrogen-bond donors (Lipinski definition) is 1. The van der Waals surface area contributed by atoms with E-state index in [0.717, 1.165) is 42.7 Å². The Kier molecular flexibility index (Phi) is 7.40. The molecular formula is C24H29ClN4O3. The Morgan fingerprint density at radius 3 is 2.38 bits per heavy atom. The first-order valence-electron chi connectivity index (χ1n) is 10.5. The molecule has 1 aliphatic heterocycles. The number of nitrogens with zero attached hydrogens (tertiary/aromatic N) is 3. The van der Waals surface area contributed by atoms with E-state index >= 15 is 0 Å². The summed E-state index contributed by atoms with van der Waals surface area (Å²) in [6.45, 7) is 5.68. The molecule has 0 atom stereocenters. The van der Waals surface area contributed by atoms with E-state index < -0.39 is 0 Å². The molecule has 0 unspecified atom stereocenters. The quantitative estimate of drug-likeness (QED) is 0.582. The fourth-order valence-electron chi connectivity index (χ4n) is 3.87. The first kappa shape index (κ1) is 23.6. The number of carbonyl (C=O) groups excluding carboxylic acids is 1. The maximum Gasteiger partial charge on any atom is 0.257 e. The van der Waals surface area contributed by atoms with E-state index in [1.807, 2.05) is 42.2 Å². The molecule has 1 fully saturated rings. The number of likely N-dealkylation sites (tertiary alicyclic amines) is 1. The van der Waals surface area contributed by atoms with Gasteiger partial charge in [0.15, 0.2) is 5.65 Å². The second-order valence-electron chi connectivity index (χ2n) is 8.07. The van der Waals surface area contributed by atoms with Crippen LogP contribution in [-0.2, 0) is 0 Å². The van der Waals surface area contributed by atoms with E-state index in [1.54, 1.807) is 20.4 Å². The number of carbonyl (C=O) groups is 1. The van der Waals surface area contributed by atoms with Crippen LogP contribution in [0.3, 0.4) is 0 Å². The molecule has 1 aromatic carbocycles. The Hall–Kier alpha value is -3.06. The molecule has 0 aliphatic carbocycles. The molecule has 170 valence electrons.